The van der Waals surface area contributed by atoms with Gasteiger partial charge in [0.15, 0.2) is 5.69 Å². The maximum absolute atomic E-state index is 12.4. The lowest BCUT2D eigenvalue weighted by Gasteiger charge is -2.03. The van der Waals surface area contributed by atoms with Gasteiger partial charge in [-0.05, 0) is 0 Å². The van der Waals surface area contributed by atoms with E-state index in [2.05, 4.69) is 0 Å². The second-order valence-corrected chi connectivity index (χ2v) is 2.73. The van der Waals surface area contributed by atoms with Crippen LogP contribution in [0.1, 0.15) is 22.5 Å². The molecule has 0 fully saturated rings. The number of carbonyl (C=O) groups excluding carboxylic acids is 1. The Hall–Kier alpha value is -2.32. The smallest absolute Gasteiger partial charge is 0.307 e. The third-order valence-corrected chi connectivity index (χ3v) is 1.71. The van der Waals surface area contributed by atoms with E-state index in [0.29, 0.717) is 6.07 Å². The molecule has 1 amide bonds. The highest BCUT2D eigenvalue weighted by Crippen LogP contribution is 2.29. The summed E-state index contributed by atoms with van der Waals surface area (Å²) in [5.41, 5.74) is 0.419. The number of nitrogens with zero attached hydrogens (tertiary/aromatic N) is 1. The lowest BCUT2D eigenvalue weighted by molar-refractivity contribution is -0.386. The van der Waals surface area contributed by atoms with Crippen molar-refractivity contribution in [2.45, 2.75) is 6.43 Å². The molecule has 0 aliphatic rings. The van der Waals surface area contributed by atoms with Crippen LogP contribution in [0.2, 0.25) is 0 Å². The van der Waals surface area contributed by atoms with E-state index in [1.807, 2.05) is 0 Å². The number of nitro groups is 1. The van der Waals surface area contributed by atoms with E-state index in [4.69, 9.17) is 5.73 Å². The van der Waals surface area contributed by atoms with Crippen LogP contribution in [0, 0.1) is 10.1 Å². The van der Waals surface area contributed by atoms with Gasteiger partial charge in [0.1, 0.15) is 5.56 Å². The number of aromatic amines is 1. The van der Waals surface area contributed by atoms with Crippen LogP contribution in [0.4, 0.5) is 14.5 Å². The van der Waals surface area contributed by atoms with Gasteiger partial charge in [-0.1, -0.05) is 0 Å². The zero-order chi connectivity index (χ0) is 12.5. The second-order valence-electron chi connectivity index (χ2n) is 2.73. The first-order valence-corrected chi connectivity index (χ1v) is 3.84. The molecule has 0 unspecified atom stereocenters. The molecule has 0 saturated carbocycles. The van der Waals surface area contributed by atoms with Gasteiger partial charge in [0, 0.05) is 6.07 Å². The van der Waals surface area contributed by atoms with Crippen molar-refractivity contribution in [3.8, 4) is 0 Å². The van der Waals surface area contributed by atoms with Gasteiger partial charge in [-0.3, -0.25) is 19.7 Å². The van der Waals surface area contributed by atoms with Gasteiger partial charge in [-0.2, -0.15) is 0 Å². The molecule has 0 bridgehead atoms. The number of aromatic nitrogens is 1. The Morgan fingerprint density at radius 2 is 2.12 bits per heavy atom. The van der Waals surface area contributed by atoms with E-state index in [1.54, 1.807) is 4.98 Å². The van der Waals surface area contributed by atoms with Crippen LogP contribution in [-0.2, 0) is 0 Å². The third-order valence-electron chi connectivity index (χ3n) is 1.71. The number of H-pyrrole nitrogens is 1. The van der Waals surface area contributed by atoms with E-state index < -0.39 is 39.8 Å². The van der Waals surface area contributed by atoms with Gasteiger partial charge in [0.05, 0.1) is 4.92 Å². The van der Waals surface area contributed by atoms with Gasteiger partial charge in [-0.25, -0.2) is 8.78 Å². The van der Waals surface area contributed by atoms with Crippen molar-refractivity contribution >= 4 is 11.6 Å². The summed E-state index contributed by atoms with van der Waals surface area (Å²) in [4.78, 5) is 32.7. The number of hydrogen-bond acceptors (Lipinski definition) is 4. The average molecular weight is 233 g/mol. The molecule has 16 heavy (non-hydrogen) atoms. The summed E-state index contributed by atoms with van der Waals surface area (Å²) in [6, 6.07) is 0.356. The van der Waals surface area contributed by atoms with Crippen LogP contribution >= 0.6 is 0 Å². The van der Waals surface area contributed by atoms with Crippen LogP contribution in [0.25, 0.3) is 0 Å². The normalized spacial score (nSPS) is 10.4. The molecule has 0 saturated heterocycles. The van der Waals surface area contributed by atoms with E-state index in [1.165, 1.54) is 0 Å². The molecule has 0 spiro atoms. The SMILES string of the molecule is NC(=O)c1[nH]c(=O)cc(C(F)F)c1[N+](=O)[O-]. The van der Waals surface area contributed by atoms with Crippen LogP contribution in [0.3, 0.4) is 0 Å². The molecule has 1 aromatic heterocycles. The fraction of sp³-hybridized carbons (Fsp3) is 0.143. The average Bonchev–Trinajstić information content (AvgIpc) is 2.15. The summed E-state index contributed by atoms with van der Waals surface area (Å²) >= 11 is 0. The largest absolute Gasteiger partial charge is 0.364 e. The highest BCUT2D eigenvalue weighted by molar-refractivity contribution is 5.95. The molecule has 9 heteroatoms. The quantitative estimate of drug-likeness (QED) is 0.576. The number of hydrogen-bond donors (Lipinski definition) is 2. The molecular weight excluding hydrogens is 228 g/mol. The fourth-order valence-corrected chi connectivity index (χ4v) is 1.11. The van der Waals surface area contributed by atoms with E-state index in [9.17, 15) is 28.5 Å². The highest BCUT2D eigenvalue weighted by Gasteiger charge is 2.29. The number of rotatable bonds is 3. The zero-order valence-electron chi connectivity index (χ0n) is 7.57. The molecule has 0 atom stereocenters. The molecule has 1 rings (SSSR count). The summed E-state index contributed by atoms with van der Waals surface area (Å²) in [5.74, 6) is -1.36. The molecule has 0 radical (unpaired) electrons. The standard InChI is InChI=1S/C7H5F2N3O4/c8-6(9)2-1-3(13)11-4(7(10)14)5(2)12(15)16/h1,6H,(H2,10,14)(H,11,13). The van der Waals surface area contributed by atoms with Gasteiger partial charge >= 0.3 is 5.69 Å². The number of alkyl halides is 2. The molecular formula is C7H5F2N3O4. The van der Waals surface area contributed by atoms with Gasteiger partial charge in [0.25, 0.3) is 12.3 Å². The zero-order valence-corrected chi connectivity index (χ0v) is 7.57. The Morgan fingerprint density at radius 1 is 1.56 bits per heavy atom. The summed E-state index contributed by atoms with van der Waals surface area (Å²) < 4.78 is 24.8. The Balaban J connectivity index is 3.67. The van der Waals surface area contributed by atoms with Crippen molar-refractivity contribution in [2.24, 2.45) is 5.73 Å². The van der Waals surface area contributed by atoms with Crippen molar-refractivity contribution in [2.75, 3.05) is 0 Å². The van der Waals surface area contributed by atoms with Crippen LogP contribution in [0.15, 0.2) is 10.9 Å². The van der Waals surface area contributed by atoms with Crippen LogP contribution < -0.4 is 11.3 Å². The van der Waals surface area contributed by atoms with Crippen molar-refractivity contribution in [1.82, 2.24) is 4.98 Å². The summed E-state index contributed by atoms with van der Waals surface area (Å²) in [6.07, 6.45) is -3.25. The number of pyridine rings is 1. The lowest BCUT2D eigenvalue weighted by atomic mass is 10.1. The first-order chi connectivity index (χ1) is 7.34. The Bertz CT molecular complexity index is 511. The number of nitrogens with one attached hydrogen (secondary N) is 1. The number of amides is 1. The second kappa shape index (κ2) is 4.04. The van der Waals surface area contributed by atoms with Crippen molar-refractivity contribution in [1.29, 1.82) is 0 Å². The molecule has 0 aliphatic heterocycles. The Labute approximate surface area is 86.0 Å². The first kappa shape index (κ1) is 11.8. The Morgan fingerprint density at radius 3 is 2.50 bits per heavy atom. The summed E-state index contributed by atoms with van der Waals surface area (Å²) in [7, 11) is 0. The maximum atomic E-state index is 12.4. The van der Waals surface area contributed by atoms with E-state index in [0.717, 1.165) is 0 Å². The monoisotopic (exact) mass is 233 g/mol. The number of halogens is 2. The minimum atomic E-state index is -3.25. The number of nitrogens with two attached hydrogens (primary N) is 1. The molecule has 1 heterocycles. The lowest BCUT2D eigenvalue weighted by Crippen LogP contribution is -2.22. The maximum Gasteiger partial charge on any atom is 0.307 e. The van der Waals surface area contributed by atoms with Gasteiger partial charge in [0.2, 0.25) is 5.56 Å². The van der Waals surface area contributed by atoms with Crippen molar-refractivity contribution in [3.05, 3.63) is 37.8 Å². The minimum absolute atomic E-state index is 0.356. The van der Waals surface area contributed by atoms with E-state index >= 15 is 0 Å². The third kappa shape index (κ3) is 2.02. The molecule has 7 nitrogen and oxygen atoms in total. The van der Waals surface area contributed by atoms with Gasteiger partial charge < -0.3 is 10.7 Å². The molecule has 0 aliphatic carbocycles. The number of primary amides is 1. The van der Waals surface area contributed by atoms with Crippen molar-refractivity contribution < 1.29 is 18.5 Å². The fourth-order valence-electron chi connectivity index (χ4n) is 1.11. The summed E-state index contributed by atoms with van der Waals surface area (Å²) in [5, 5.41) is 10.5. The van der Waals surface area contributed by atoms with Gasteiger partial charge in [-0.15, -0.1) is 0 Å². The summed E-state index contributed by atoms with van der Waals surface area (Å²) in [6.45, 7) is 0. The highest BCUT2D eigenvalue weighted by atomic mass is 19.3. The molecule has 1 aromatic rings. The molecule has 0 aromatic carbocycles. The predicted octanol–water partition coefficient (Wildman–Crippen LogP) is 0.320. The molecule has 3 N–H and O–H groups in total. The first-order valence-electron chi connectivity index (χ1n) is 3.84. The van der Waals surface area contributed by atoms with Crippen molar-refractivity contribution in [3.63, 3.8) is 0 Å². The topological polar surface area (TPSA) is 119 Å². The molecule has 86 valence electrons. The van der Waals surface area contributed by atoms with Crippen LogP contribution in [-0.4, -0.2) is 15.8 Å². The number of carbonyl (C=O) groups is 1. The van der Waals surface area contributed by atoms with Crippen LogP contribution in [0.5, 0.6) is 0 Å². The van der Waals surface area contributed by atoms with E-state index in [-0.39, 0.29) is 0 Å². The Kier molecular flexibility index (Phi) is 2.97. The minimum Gasteiger partial charge on any atom is -0.364 e. The predicted molar refractivity (Wildman–Crippen MR) is 47.2 cm³/mol.